The third-order valence-corrected chi connectivity index (χ3v) is 5.13. The average molecular weight is 299 g/mol. The average Bonchev–Trinajstić information content (AvgIpc) is 3.24. The van der Waals surface area contributed by atoms with Gasteiger partial charge in [-0.3, -0.25) is 4.90 Å². The molecule has 0 spiro atoms. The molecule has 0 radical (unpaired) electrons. The minimum atomic E-state index is 0.440. The molecule has 0 aliphatic carbocycles. The molecule has 2 atom stereocenters. The molecule has 0 saturated carbocycles. The first-order valence-electron chi connectivity index (χ1n) is 8.55. The summed E-state index contributed by atoms with van der Waals surface area (Å²) in [5, 5.41) is 3.49. The lowest BCUT2D eigenvalue weighted by Gasteiger charge is -2.29. The third-order valence-electron chi connectivity index (χ3n) is 5.13. The van der Waals surface area contributed by atoms with E-state index in [0.29, 0.717) is 18.1 Å². The Morgan fingerprint density at radius 3 is 3.00 bits per heavy atom. The maximum Gasteiger partial charge on any atom is 0.160 e. The van der Waals surface area contributed by atoms with E-state index in [1.54, 1.807) is 0 Å². The molecule has 118 valence electrons. The standard InChI is InChI=1S/C17H25N5/c1-12(2)21-10-4-6-15(21)17-20-14-5-3-8-19-16(14)22(17)13-7-9-18-11-13/h3,5,8,12-13,15,18H,4,6-7,9-11H2,1-2H3. The molecular weight excluding hydrogens is 274 g/mol. The van der Waals surface area contributed by atoms with Gasteiger partial charge in [-0.15, -0.1) is 0 Å². The fraction of sp³-hybridized carbons (Fsp3) is 0.647. The van der Waals surface area contributed by atoms with Gasteiger partial charge in [0.05, 0.1) is 12.1 Å². The molecule has 2 fully saturated rings. The summed E-state index contributed by atoms with van der Waals surface area (Å²) in [7, 11) is 0. The maximum atomic E-state index is 5.00. The second-order valence-electron chi connectivity index (χ2n) is 6.82. The van der Waals surface area contributed by atoms with Crippen LogP contribution in [-0.2, 0) is 0 Å². The minimum absolute atomic E-state index is 0.440. The van der Waals surface area contributed by atoms with E-state index < -0.39 is 0 Å². The molecule has 2 saturated heterocycles. The van der Waals surface area contributed by atoms with Crippen LogP contribution in [0.15, 0.2) is 18.3 Å². The van der Waals surface area contributed by atoms with Crippen LogP contribution in [-0.4, -0.2) is 45.1 Å². The maximum absolute atomic E-state index is 5.00. The number of pyridine rings is 1. The highest BCUT2D eigenvalue weighted by Gasteiger charge is 2.34. The lowest BCUT2D eigenvalue weighted by Crippen LogP contribution is -2.32. The largest absolute Gasteiger partial charge is 0.315 e. The van der Waals surface area contributed by atoms with Crippen molar-refractivity contribution in [3.63, 3.8) is 0 Å². The Labute approximate surface area is 131 Å². The van der Waals surface area contributed by atoms with Gasteiger partial charge in [0, 0.05) is 18.8 Å². The third kappa shape index (κ3) is 2.23. The van der Waals surface area contributed by atoms with Gasteiger partial charge >= 0.3 is 0 Å². The first-order valence-corrected chi connectivity index (χ1v) is 8.55. The summed E-state index contributed by atoms with van der Waals surface area (Å²) in [5.41, 5.74) is 2.10. The number of aromatic nitrogens is 3. The van der Waals surface area contributed by atoms with Gasteiger partial charge in [0.1, 0.15) is 11.3 Å². The van der Waals surface area contributed by atoms with Gasteiger partial charge in [-0.25, -0.2) is 9.97 Å². The van der Waals surface area contributed by atoms with Crippen LogP contribution in [0.25, 0.3) is 11.2 Å². The lowest BCUT2D eigenvalue weighted by molar-refractivity contribution is 0.193. The Balaban J connectivity index is 1.84. The quantitative estimate of drug-likeness (QED) is 0.946. The SMILES string of the molecule is CC(C)N1CCCC1c1nc2cccnc2n1C1CCNC1. The van der Waals surface area contributed by atoms with Crippen LogP contribution in [0.4, 0.5) is 0 Å². The molecule has 22 heavy (non-hydrogen) atoms. The fourth-order valence-corrected chi connectivity index (χ4v) is 4.09. The van der Waals surface area contributed by atoms with Gasteiger partial charge in [-0.2, -0.15) is 0 Å². The molecule has 0 bridgehead atoms. The van der Waals surface area contributed by atoms with E-state index in [4.69, 9.17) is 4.98 Å². The predicted molar refractivity (Wildman–Crippen MR) is 87.9 cm³/mol. The topological polar surface area (TPSA) is 46.0 Å². The highest BCUT2D eigenvalue weighted by atomic mass is 15.3. The van der Waals surface area contributed by atoms with Crippen molar-refractivity contribution in [1.29, 1.82) is 0 Å². The molecule has 2 aliphatic rings. The number of hydrogen-bond acceptors (Lipinski definition) is 4. The summed E-state index contributed by atoms with van der Waals surface area (Å²) in [4.78, 5) is 12.2. The Hall–Kier alpha value is -1.46. The molecule has 0 aromatic carbocycles. The van der Waals surface area contributed by atoms with Gasteiger partial charge in [-0.05, 0) is 58.3 Å². The number of likely N-dealkylation sites (tertiary alicyclic amines) is 1. The van der Waals surface area contributed by atoms with Gasteiger partial charge in [0.25, 0.3) is 0 Å². The monoisotopic (exact) mass is 299 g/mol. The Morgan fingerprint density at radius 1 is 1.32 bits per heavy atom. The molecule has 2 aromatic heterocycles. The first-order chi connectivity index (χ1) is 10.8. The van der Waals surface area contributed by atoms with Gasteiger partial charge < -0.3 is 9.88 Å². The van der Waals surface area contributed by atoms with Crippen molar-refractivity contribution in [3.05, 3.63) is 24.2 Å². The van der Waals surface area contributed by atoms with E-state index in [1.165, 1.54) is 31.6 Å². The molecule has 4 rings (SSSR count). The van der Waals surface area contributed by atoms with Crippen molar-refractivity contribution in [3.8, 4) is 0 Å². The van der Waals surface area contributed by atoms with Gasteiger partial charge in [0.2, 0.25) is 0 Å². The smallest absolute Gasteiger partial charge is 0.160 e. The summed E-state index contributed by atoms with van der Waals surface area (Å²) in [6, 6.07) is 5.58. The minimum Gasteiger partial charge on any atom is -0.315 e. The van der Waals surface area contributed by atoms with E-state index in [1.807, 2.05) is 12.3 Å². The zero-order chi connectivity index (χ0) is 15.1. The Kier molecular flexibility index (Phi) is 3.62. The second kappa shape index (κ2) is 5.63. The van der Waals surface area contributed by atoms with Crippen LogP contribution < -0.4 is 5.32 Å². The lowest BCUT2D eigenvalue weighted by atomic mass is 10.1. The second-order valence-corrected chi connectivity index (χ2v) is 6.82. The number of nitrogens with zero attached hydrogens (tertiary/aromatic N) is 4. The summed E-state index contributed by atoms with van der Waals surface area (Å²) in [5.74, 6) is 1.23. The molecule has 5 nitrogen and oxygen atoms in total. The van der Waals surface area contributed by atoms with Crippen molar-refractivity contribution < 1.29 is 0 Å². The summed E-state index contributed by atoms with van der Waals surface area (Å²) in [6.45, 7) is 7.89. The molecule has 4 heterocycles. The van der Waals surface area contributed by atoms with Gasteiger partial charge in [0.15, 0.2) is 5.65 Å². The van der Waals surface area contributed by atoms with Crippen molar-refractivity contribution in [2.45, 2.75) is 51.2 Å². The van der Waals surface area contributed by atoms with E-state index in [-0.39, 0.29) is 0 Å². The number of rotatable bonds is 3. The van der Waals surface area contributed by atoms with Crippen LogP contribution in [0.2, 0.25) is 0 Å². The molecule has 2 aliphatic heterocycles. The highest BCUT2D eigenvalue weighted by molar-refractivity contribution is 5.71. The van der Waals surface area contributed by atoms with E-state index in [2.05, 4.69) is 39.7 Å². The van der Waals surface area contributed by atoms with Crippen molar-refractivity contribution in [2.75, 3.05) is 19.6 Å². The number of hydrogen-bond donors (Lipinski definition) is 1. The van der Waals surface area contributed by atoms with Crippen LogP contribution in [0, 0.1) is 0 Å². The molecule has 2 unspecified atom stereocenters. The molecule has 0 amide bonds. The zero-order valence-electron chi connectivity index (χ0n) is 13.5. The van der Waals surface area contributed by atoms with E-state index in [0.717, 1.165) is 24.3 Å². The van der Waals surface area contributed by atoms with Crippen LogP contribution in [0.1, 0.15) is 51.0 Å². The van der Waals surface area contributed by atoms with Crippen molar-refractivity contribution >= 4 is 11.2 Å². The normalized spacial score (nSPS) is 26.5. The molecule has 2 aromatic rings. The van der Waals surface area contributed by atoms with E-state index >= 15 is 0 Å². The van der Waals surface area contributed by atoms with Crippen LogP contribution in [0.5, 0.6) is 0 Å². The Morgan fingerprint density at radius 2 is 2.23 bits per heavy atom. The number of imidazole rings is 1. The van der Waals surface area contributed by atoms with E-state index in [9.17, 15) is 0 Å². The first kappa shape index (κ1) is 14.2. The fourth-order valence-electron chi connectivity index (χ4n) is 4.09. The van der Waals surface area contributed by atoms with Crippen LogP contribution >= 0.6 is 0 Å². The Bertz CT molecular complexity index is 656. The van der Waals surface area contributed by atoms with Gasteiger partial charge in [-0.1, -0.05) is 0 Å². The zero-order valence-corrected chi connectivity index (χ0v) is 13.5. The van der Waals surface area contributed by atoms with Crippen molar-refractivity contribution in [2.24, 2.45) is 0 Å². The van der Waals surface area contributed by atoms with Crippen molar-refractivity contribution in [1.82, 2.24) is 24.8 Å². The molecule has 1 N–H and O–H groups in total. The number of nitrogens with one attached hydrogen (secondary N) is 1. The van der Waals surface area contributed by atoms with Crippen LogP contribution in [0.3, 0.4) is 0 Å². The summed E-state index contributed by atoms with van der Waals surface area (Å²) in [6.07, 6.45) is 5.54. The summed E-state index contributed by atoms with van der Waals surface area (Å²) < 4.78 is 2.43. The molecular formula is C17H25N5. The summed E-state index contributed by atoms with van der Waals surface area (Å²) >= 11 is 0. The molecule has 5 heteroatoms. The highest BCUT2D eigenvalue weighted by Crippen LogP contribution is 2.36. The number of fused-ring (bicyclic) bond motifs is 1. The predicted octanol–water partition coefficient (Wildman–Crippen LogP) is 2.51.